The Morgan fingerprint density at radius 1 is 1.37 bits per heavy atom. The van der Waals surface area contributed by atoms with Crippen LogP contribution in [0.5, 0.6) is 5.88 Å². The summed E-state index contributed by atoms with van der Waals surface area (Å²) in [5, 5.41) is 3.25. The van der Waals surface area contributed by atoms with Crippen LogP contribution < -0.4 is 10.1 Å². The van der Waals surface area contributed by atoms with Crippen molar-refractivity contribution in [2.24, 2.45) is 5.92 Å². The standard InChI is InChI=1S/C15H25N3O/c1-4-6-11(3)10-19-14-9-13(16-5-2)17-15(18-14)12-7-8-12/h9,11-12H,4-8,10H2,1-3H3,(H,16,17,18). The summed E-state index contributed by atoms with van der Waals surface area (Å²) in [5.41, 5.74) is 0. The fraction of sp³-hybridized carbons (Fsp3) is 0.733. The zero-order chi connectivity index (χ0) is 13.7. The minimum atomic E-state index is 0.550. The third-order valence-corrected chi connectivity index (χ3v) is 3.32. The second kappa shape index (κ2) is 6.73. The van der Waals surface area contributed by atoms with Gasteiger partial charge in [0, 0.05) is 18.5 Å². The highest BCUT2D eigenvalue weighted by molar-refractivity contribution is 5.39. The molecule has 1 aliphatic carbocycles. The average Bonchev–Trinajstić information content (AvgIpc) is 3.21. The van der Waals surface area contributed by atoms with E-state index in [4.69, 9.17) is 4.74 Å². The SMILES string of the molecule is CCCC(C)COc1cc(NCC)nc(C2CC2)n1. The molecule has 1 saturated carbocycles. The van der Waals surface area contributed by atoms with Crippen molar-refractivity contribution in [3.8, 4) is 5.88 Å². The van der Waals surface area contributed by atoms with Crippen molar-refractivity contribution in [3.05, 3.63) is 11.9 Å². The van der Waals surface area contributed by atoms with E-state index < -0.39 is 0 Å². The maximum absolute atomic E-state index is 5.83. The van der Waals surface area contributed by atoms with E-state index in [-0.39, 0.29) is 0 Å². The monoisotopic (exact) mass is 263 g/mol. The molecule has 0 aliphatic heterocycles. The van der Waals surface area contributed by atoms with Crippen molar-refractivity contribution in [2.45, 2.75) is 52.4 Å². The summed E-state index contributed by atoms with van der Waals surface area (Å²) in [6.07, 6.45) is 4.81. The quantitative estimate of drug-likeness (QED) is 0.778. The van der Waals surface area contributed by atoms with Crippen LogP contribution in [0.4, 0.5) is 5.82 Å². The first-order valence-electron chi connectivity index (χ1n) is 7.48. The van der Waals surface area contributed by atoms with Crippen LogP contribution in [0.3, 0.4) is 0 Å². The fourth-order valence-corrected chi connectivity index (χ4v) is 2.12. The van der Waals surface area contributed by atoms with E-state index in [0.29, 0.717) is 11.8 Å². The largest absolute Gasteiger partial charge is 0.477 e. The van der Waals surface area contributed by atoms with Gasteiger partial charge in [0.2, 0.25) is 5.88 Å². The summed E-state index contributed by atoms with van der Waals surface area (Å²) in [7, 11) is 0. The molecular formula is C15H25N3O. The molecule has 1 atom stereocenters. The first-order valence-corrected chi connectivity index (χ1v) is 7.48. The number of nitrogens with zero attached hydrogens (tertiary/aromatic N) is 2. The minimum Gasteiger partial charge on any atom is -0.477 e. The topological polar surface area (TPSA) is 47.0 Å². The van der Waals surface area contributed by atoms with E-state index in [1.165, 1.54) is 25.7 Å². The third kappa shape index (κ3) is 4.37. The van der Waals surface area contributed by atoms with Gasteiger partial charge in [0.15, 0.2) is 0 Å². The van der Waals surface area contributed by atoms with Crippen LogP contribution >= 0.6 is 0 Å². The normalized spacial score (nSPS) is 16.2. The first-order chi connectivity index (χ1) is 9.22. The molecule has 1 aromatic heterocycles. The molecule has 1 heterocycles. The second-order valence-electron chi connectivity index (χ2n) is 5.46. The molecule has 1 aromatic rings. The molecule has 1 fully saturated rings. The minimum absolute atomic E-state index is 0.550. The Kier molecular flexibility index (Phi) is 5.00. The smallest absolute Gasteiger partial charge is 0.218 e. The van der Waals surface area contributed by atoms with Gasteiger partial charge in [-0.25, -0.2) is 4.98 Å². The number of ether oxygens (including phenoxy) is 1. The maximum atomic E-state index is 5.83. The predicted octanol–water partition coefficient (Wildman–Crippen LogP) is 3.60. The van der Waals surface area contributed by atoms with Gasteiger partial charge in [-0.15, -0.1) is 0 Å². The molecular weight excluding hydrogens is 238 g/mol. The number of anilines is 1. The van der Waals surface area contributed by atoms with Gasteiger partial charge in [0.05, 0.1) is 6.61 Å². The second-order valence-corrected chi connectivity index (χ2v) is 5.46. The molecule has 2 rings (SSSR count). The summed E-state index contributed by atoms with van der Waals surface area (Å²) in [5.74, 6) is 3.67. The Bertz CT molecular complexity index is 404. The molecule has 4 heteroatoms. The highest BCUT2D eigenvalue weighted by Gasteiger charge is 2.27. The highest BCUT2D eigenvalue weighted by atomic mass is 16.5. The van der Waals surface area contributed by atoms with E-state index in [0.717, 1.165) is 30.7 Å². The van der Waals surface area contributed by atoms with E-state index in [1.807, 2.05) is 6.07 Å². The first kappa shape index (κ1) is 14.1. The van der Waals surface area contributed by atoms with Gasteiger partial charge in [-0.1, -0.05) is 20.3 Å². The van der Waals surface area contributed by atoms with Gasteiger partial charge in [-0.2, -0.15) is 4.98 Å². The molecule has 1 aliphatic rings. The molecule has 0 amide bonds. The number of hydrogen-bond donors (Lipinski definition) is 1. The molecule has 0 radical (unpaired) electrons. The fourth-order valence-electron chi connectivity index (χ4n) is 2.12. The molecule has 1 unspecified atom stereocenters. The molecule has 1 N–H and O–H groups in total. The molecule has 0 spiro atoms. The molecule has 4 nitrogen and oxygen atoms in total. The van der Waals surface area contributed by atoms with Crippen LogP contribution in [-0.4, -0.2) is 23.1 Å². The molecule has 0 bridgehead atoms. The Hall–Kier alpha value is -1.32. The van der Waals surface area contributed by atoms with Crippen molar-refractivity contribution < 1.29 is 4.74 Å². The Morgan fingerprint density at radius 3 is 2.79 bits per heavy atom. The Balaban J connectivity index is 2.01. The maximum Gasteiger partial charge on any atom is 0.218 e. The van der Waals surface area contributed by atoms with E-state index in [1.54, 1.807) is 0 Å². The summed E-state index contributed by atoms with van der Waals surface area (Å²) >= 11 is 0. The van der Waals surface area contributed by atoms with Crippen LogP contribution in [0.1, 0.15) is 58.2 Å². The van der Waals surface area contributed by atoms with Gasteiger partial charge in [-0.05, 0) is 32.1 Å². The van der Waals surface area contributed by atoms with Gasteiger partial charge >= 0.3 is 0 Å². The molecule has 19 heavy (non-hydrogen) atoms. The predicted molar refractivity (Wildman–Crippen MR) is 77.7 cm³/mol. The van der Waals surface area contributed by atoms with Crippen molar-refractivity contribution in [2.75, 3.05) is 18.5 Å². The van der Waals surface area contributed by atoms with Gasteiger partial charge in [0.25, 0.3) is 0 Å². The van der Waals surface area contributed by atoms with Crippen molar-refractivity contribution >= 4 is 5.82 Å². The highest BCUT2D eigenvalue weighted by Crippen LogP contribution is 2.39. The average molecular weight is 263 g/mol. The number of nitrogens with one attached hydrogen (secondary N) is 1. The zero-order valence-corrected chi connectivity index (χ0v) is 12.3. The molecule has 106 valence electrons. The van der Waals surface area contributed by atoms with Gasteiger partial charge in [0.1, 0.15) is 11.6 Å². The summed E-state index contributed by atoms with van der Waals surface area (Å²) in [6, 6.07) is 1.91. The lowest BCUT2D eigenvalue weighted by Gasteiger charge is -2.13. The van der Waals surface area contributed by atoms with Crippen LogP contribution in [0, 0.1) is 5.92 Å². The van der Waals surface area contributed by atoms with Crippen LogP contribution in [-0.2, 0) is 0 Å². The van der Waals surface area contributed by atoms with E-state index in [2.05, 4.69) is 36.1 Å². The lowest BCUT2D eigenvalue weighted by molar-refractivity contribution is 0.242. The van der Waals surface area contributed by atoms with Crippen LogP contribution in [0.25, 0.3) is 0 Å². The lowest BCUT2D eigenvalue weighted by atomic mass is 10.1. The van der Waals surface area contributed by atoms with Gasteiger partial charge in [-0.3, -0.25) is 0 Å². The number of hydrogen-bond acceptors (Lipinski definition) is 4. The third-order valence-electron chi connectivity index (χ3n) is 3.32. The lowest BCUT2D eigenvalue weighted by Crippen LogP contribution is -2.11. The summed E-state index contributed by atoms with van der Waals surface area (Å²) < 4.78 is 5.83. The van der Waals surface area contributed by atoms with E-state index >= 15 is 0 Å². The zero-order valence-electron chi connectivity index (χ0n) is 12.3. The molecule has 0 aromatic carbocycles. The van der Waals surface area contributed by atoms with Crippen molar-refractivity contribution in [1.29, 1.82) is 0 Å². The molecule has 0 saturated heterocycles. The number of aromatic nitrogens is 2. The summed E-state index contributed by atoms with van der Waals surface area (Å²) in [6.45, 7) is 8.10. The van der Waals surface area contributed by atoms with Crippen LogP contribution in [0.2, 0.25) is 0 Å². The van der Waals surface area contributed by atoms with Gasteiger partial charge < -0.3 is 10.1 Å². The van der Waals surface area contributed by atoms with Crippen molar-refractivity contribution in [3.63, 3.8) is 0 Å². The van der Waals surface area contributed by atoms with Crippen LogP contribution in [0.15, 0.2) is 6.07 Å². The Morgan fingerprint density at radius 2 is 2.16 bits per heavy atom. The number of rotatable bonds is 8. The van der Waals surface area contributed by atoms with E-state index in [9.17, 15) is 0 Å². The Labute approximate surface area is 116 Å². The van der Waals surface area contributed by atoms with Crippen molar-refractivity contribution in [1.82, 2.24) is 9.97 Å². The summed E-state index contributed by atoms with van der Waals surface area (Å²) in [4.78, 5) is 9.08.